The fourth-order valence-electron chi connectivity index (χ4n) is 1.35. The van der Waals surface area contributed by atoms with Crippen molar-refractivity contribution in [3.8, 4) is 0 Å². The lowest BCUT2D eigenvalue weighted by atomic mass is 9.86. The highest BCUT2D eigenvalue weighted by atomic mass is 35.5. The van der Waals surface area contributed by atoms with Crippen LogP contribution in [-0.2, 0) is 9.53 Å². The van der Waals surface area contributed by atoms with Crippen LogP contribution in [0.25, 0.3) is 0 Å². The van der Waals surface area contributed by atoms with Gasteiger partial charge >= 0.3 is 5.97 Å². The van der Waals surface area contributed by atoms with Gasteiger partial charge < -0.3 is 10.5 Å². The molecule has 1 atom stereocenters. The first-order chi connectivity index (χ1) is 7.34. The van der Waals surface area contributed by atoms with Crippen LogP contribution < -0.4 is 5.73 Å². The second-order valence-electron chi connectivity index (χ2n) is 4.16. The van der Waals surface area contributed by atoms with Gasteiger partial charge in [-0.15, -0.1) is 11.3 Å². The van der Waals surface area contributed by atoms with E-state index >= 15 is 0 Å². The smallest absolute Gasteiger partial charge is 0.306 e. The molecular formula is C10H15ClN2O2S. The highest BCUT2D eigenvalue weighted by Gasteiger charge is 2.31. The third-order valence-corrected chi connectivity index (χ3v) is 3.52. The fraction of sp³-hybridized carbons (Fsp3) is 0.600. The molecular weight excluding hydrogens is 248 g/mol. The molecule has 1 aromatic rings. The molecule has 6 heteroatoms. The third-order valence-electron chi connectivity index (χ3n) is 2.29. The van der Waals surface area contributed by atoms with E-state index in [2.05, 4.69) is 9.72 Å². The number of hydrogen-bond donors (Lipinski definition) is 1. The minimum absolute atomic E-state index is 0.183. The normalized spacial score (nSPS) is 13.6. The molecule has 16 heavy (non-hydrogen) atoms. The van der Waals surface area contributed by atoms with Crippen molar-refractivity contribution in [1.29, 1.82) is 0 Å². The van der Waals surface area contributed by atoms with Crippen LogP contribution in [0.15, 0.2) is 6.20 Å². The van der Waals surface area contributed by atoms with Gasteiger partial charge in [0.05, 0.1) is 24.7 Å². The number of nitrogens with two attached hydrogens (primary N) is 1. The molecule has 1 aromatic heterocycles. The summed E-state index contributed by atoms with van der Waals surface area (Å²) >= 11 is 7.17. The van der Waals surface area contributed by atoms with Gasteiger partial charge in [0.15, 0.2) is 0 Å². The van der Waals surface area contributed by atoms with Gasteiger partial charge in [-0.25, -0.2) is 4.98 Å². The van der Waals surface area contributed by atoms with Crippen LogP contribution in [0, 0.1) is 0 Å². The van der Waals surface area contributed by atoms with Crippen LogP contribution in [0.1, 0.15) is 31.2 Å². The number of aromatic nitrogens is 1. The Kier molecular flexibility index (Phi) is 4.29. The van der Waals surface area contributed by atoms with Crippen molar-refractivity contribution in [3.63, 3.8) is 0 Å². The summed E-state index contributed by atoms with van der Waals surface area (Å²) in [5.41, 5.74) is 5.49. The molecule has 0 aliphatic rings. The van der Waals surface area contributed by atoms with E-state index in [0.717, 1.165) is 5.01 Å². The molecule has 0 aliphatic carbocycles. The number of carbonyl (C=O) groups excluding carboxylic acids is 1. The lowest BCUT2D eigenvalue weighted by Gasteiger charge is -2.27. The summed E-state index contributed by atoms with van der Waals surface area (Å²) < 4.78 is 5.25. The van der Waals surface area contributed by atoms with Crippen LogP contribution in [0.5, 0.6) is 0 Å². The maximum absolute atomic E-state index is 11.3. The molecule has 1 heterocycles. The lowest BCUT2D eigenvalue weighted by Crippen LogP contribution is -2.40. The van der Waals surface area contributed by atoms with Crippen molar-refractivity contribution in [2.75, 3.05) is 7.11 Å². The molecule has 0 amide bonds. The Bertz CT molecular complexity index is 373. The number of halogens is 1. The van der Waals surface area contributed by atoms with Crippen molar-refractivity contribution in [1.82, 2.24) is 4.98 Å². The Morgan fingerprint density at radius 2 is 2.38 bits per heavy atom. The first-order valence-electron chi connectivity index (χ1n) is 4.81. The highest BCUT2D eigenvalue weighted by molar-refractivity contribution is 7.15. The third kappa shape index (κ3) is 3.43. The molecule has 0 spiro atoms. The second-order valence-corrected chi connectivity index (χ2v) is 5.85. The number of carbonyl (C=O) groups is 1. The van der Waals surface area contributed by atoms with E-state index in [0.29, 0.717) is 4.34 Å². The Morgan fingerprint density at radius 1 is 1.75 bits per heavy atom. The van der Waals surface area contributed by atoms with E-state index in [1.165, 1.54) is 18.4 Å². The van der Waals surface area contributed by atoms with Crippen LogP contribution >= 0.6 is 22.9 Å². The first-order valence-corrected chi connectivity index (χ1v) is 6.01. The number of methoxy groups -OCH3 is 1. The number of hydrogen-bond acceptors (Lipinski definition) is 5. The minimum atomic E-state index is -0.546. The minimum Gasteiger partial charge on any atom is -0.469 e. The van der Waals surface area contributed by atoms with Crippen molar-refractivity contribution >= 4 is 28.9 Å². The van der Waals surface area contributed by atoms with Gasteiger partial charge in [-0.1, -0.05) is 11.6 Å². The monoisotopic (exact) mass is 262 g/mol. The molecule has 1 rings (SSSR count). The first kappa shape index (κ1) is 13.4. The predicted molar refractivity (Wildman–Crippen MR) is 64.8 cm³/mol. The molecule has 2 N–H and O–H groups in total. The van der Waals surface area contributed by atoms with Crippen LogP contribution in [-0.4, -0.2) is 23.6 Å². The lowest BCUT2D eigenvalue weighted by molar-refractivity contribution is -0.141. The molecule has 4 nitrogen and oxygen atoms in total. The standard InChI is InChI=1S/C10H15ClN2O2S/c1-10(2,12)6(4-8(14)15-3)9-13-5-7(11)16-9/h5-6H,4,12H2,1-3H3. The second kappa shape index (κ2) is 5.12. The van der Waals surface area contributed by atoms with Gasteiger partial charge in [0.25, 0.3) is 0 Å². The quantitative estimate of drug-likeness (QED) is 0.845. The predicted octanol–water partition coefficient (Wildman–Crippen LogP) is 2.18. The molecule has 0 bridgehead atoms. The largest absolute Gasteiger partial charge is 0.469 e. The molecule has 0 aromatic carbocycles. The highest BCUT2D eigenvalue weighted by Crippen LogP contribution is 2.34. The summed E-state index contributed by atoms with van der Waals surface area (Å²) in [5.74, 6) is -0.479. The number of thiazole rings is 1. The van der Waals surface area contributed by atoms with Gasteiger partial charge in [-0.05, 0) is 13.8 Å². The number of esters is 1. The van der Waals surface area contributed by atoms with Gasteiger partial charge in [0, 0.05) is 11.5 Å². The molecule has 0 saturated carbocycles. The zero-order valence-corrected chi connectivity index (χ0v) is 11.1. The molecule has 90 valence electrons. The van der Waals surface area contributed by atoms with E-state index in [1.807, 2.05) is 13.8 Å². The van der Waals surface area contributed by atoms with Crippen LogP contribution in [0.3, 0.4) is 0 Å². The number of nitrogens with zero attached hydrogens (tertiary/aromatic N) is 1. The molecule has 0 aliphatic heterocycles. The summed E-state index contributed by atoms with van der Waals surface area (Å²) in [4.78, 5) is 15.5. The summed E-state index contributed by atoms with van der Waals surface area (Å²) in [7, 11) is 1.36. The molecule has 0 fully saturated rings. The summed E-state index contributed by atoms with van der Waals surface area (Å²) in [6.45, 7) is 3.71. The average Bonchev–Trinajstić information content (AvgIpc) is 2.58. The van der Waals surface area contributed by atoms with Crippen molar-refractivity contribution in [2.45, 2.75) is 31.7 Å². The van der Waals surface area contributed by atoms with Crippen molar-refractivity contribution in [3.05, 3.63) is 15.5 Å². The van der Waals surface area contributed by atoms with E-state index in [4.69, 9.17) is 17.3 Å². The average molecular weight is 263 g/mol. The Balaban J connectivity index is 2.92. The Morgan fingerprint density at radius 3 is 2.75 bits per heavy atom. The van der Waals surface area contributed by atoms with Crippen LogP contribution in [0.2, 0.25) is 4.34 Å². The molecule has 1 unspecified atom stereocenters. The zero-order valence-electron chi connectivity index (χ0n) is 9.49. The van der Waals surface area contributed by atoms with Crippen LogP contribution in [0.4, 0.5) is 0 Å². The zero-order chi connectivity index (χ0) is 12.3. The van der Waals surface area contributed by atoms with Gasteiger partial charge in [0.2, 0.25) is 0 Å². The van der Waals surface area contributed by atoms with E-state index in [9.17, 15) is 4.79 Å². The number of rotatable bonds is 4. The van der Waals surface area contributed by atoms with E-state index < -0.39 is 5.54 Å². The van der Waals surface area contributed by atoms with Gasteiger partial charge in [-0.2, -0.15) is 0 Å². The molecule has 0 saturated heterocycles. The maximum Gasteiger partial charge on any atom is 0.306 e. The van der Waals surface area contributed by atoms with Gasteiger partial charge in [0.1, 0.15) is 4.34 Å². The number of ether oxygens (including phenoxy) is 1. The maximum atomic E-state index is 11.3. The Labute approximate surface area is 104 Å². The fourth-order valence-corrected chi connectivity index (χ4v) is 2.57. The summed E-state index contributed by atoms with van der Waals surface area (Å²) in [6, 6.07) is 0. The van der Waals surface area contributed by atoms with E-state index in [-0.39, 0.29) is 18.3 Å². The van der Waals surface area contributed by atoms with Crippen molar-refractivity contribution in [2.24, 2.45) is 5.73 Å². The van der Waals surface area contributed by atoms with E-state index in [1.54, 1.807) is 6.20 Å². The Hall–Kier alpha value is -0.650. The van der Waals surface area contributed by atoms with Gasteiger partial charge in [-0.3, -0.25) is 4.79 Å². The summed E-state index contributed by atoms with van der Waals surface area (Å²) in [6.07, 6.45) is 1.78. The summed E-state index contributed by atoms with van der Waals surface area (Å²) in [5, 5.41) is 0.767. The SMILES string of the molecule is COC(=O)CC(c1ncc(Cl)s1)C(C)(C)N. The molecule has 0 radical (unpaired) electrons. The van der Waals surface area contributed by atoms with Crippen molar-refractivity contribution < 1.29 is 9.53 Å². The topological polar surface area (TPSA) is 65.2 Å².